The number of carbonyl (C=O) groups is 2. The van der Waals surface area contributed by atoms with Gasteiger partial charge in [0.25, 0.3) is 5.91 Å². The smallest absolute Gasteiger partial charge is 0.354 e. The minimum Gasteiger partial charge on any atom is -0.497 e. The van der Waals surface area contributed by atoms with Gasteiger partial charge >= 0.3 is 5.97 Å². The Kier molecular flexibility index (Phi) is 3.46. The summed E-state index contributed by atoms with van der Waals surface area (Å²) < 4.78 is 5.02. The molecule has 0 bridgehead atoms. The number of aromatic carboxylic acids is 1. The number of amides is 1. The molecule has 2 rings (SSSR count). The van der Waals surface area contributed by atoms with Crippen molar-refractivity contribution in [3.63, 3.8) is 0 Å². The Labute approximate surface area is 108 Å². The van der Waals surface area contributed by atoms with Crippen LogP contribution in [0.3, 0.4) is 0 Å². The van der Waals surface area contributed by atoms with Crippen molar-refractivity contribution >= 4 is 17.6 Å². The second-order valence-electron chi connectivity index (χ2n) is 3.62. The van der Waals surface area contributed by atoms with Crippen molar-refractivity contribution < 1.29 is 19.4 Å². The molecule has 1 aromatic carbocycles. The molecule has 19 heavy (non-hydrogen) atoms. The van der Waals surface area contributed by atoms with Gasteiger partial charge in [-0.15, -0.1) is 0 Å². The molecule has 3 N–H and O–H groups in total. The summed E-state index contributed by atoms with van der Waals surface area (Å²) in [7, 11) is 1.51. The van der Waals surface area contributed by atoms with Gasteiger partial charge in [0.05, 0.1) is 13.4 Å². The summed E-state index contributed by atoms with van der Waals surface area (Å²) in [4.78, 5) is 28.9. The van der Waals surface area contributed by atoms with Crippen molar-refractivity contribution in [2.24, 2.45) is 0 Å². The number of ether oxygens (including phenoxy) is 1. The van der Waals surface area contributed by atoms with Crippen molar-refractivity contribution in [1.82, 2.24) is 9.97 Å². The van der Waals surface area contributed by atoms with Crippen molar-refractivity contribution in [2.75, 3.05) is 12.4 Å². The lowest BCUT2D eigenvalue weighted by molar-refractivity contribution is 0.0686. The molecular weight excluding hydrogens is 250 g/mol. The van der Waals surface area contributed by atoms with Crippen molar-refractivity contribution in [3.05, 3.63) is 42.0 Å². The van der Waals surface area contributed by atoms with Gasteiger partial charge in [-0.1, -0.05) is 6.07 Å². The molecule has 0 saturated heterocycles. The molecule has 1 amide bonds. The number of hydrogen-bond acceptors (Lipinski definition) is 4. The molecule has 0 radical (unpaired) electrons. The number of anilines is 1. The third kappa shape index (κ3) is 2.71. The number of H-pyrrole nitrogens is 1. The number of aromatic nitrogens is 2. The van der Waals surface area contributed by atoms with Crippen LogP contribution >= 0.6 is 0 Å². The maximum Gasteiger partial charge on any atom is 0.354 e. The highest BCUT2D eigenvalue weighted by molar-refractivity contribution is 6.08. The highest BCUT2D eigenvalue weighted by Gasteiger charge is 2.19. The first-order valence-electron chi connectivity index (χ1n) is 5.34. The van der Waals surface area contributed by atoms with E-state index in [-0.39, 0.29) is 11.4 Å². The third-order valence-electron chi connectivity index (χ3n) is 2.40. The number of imidazole rings is 1. The Morgan fingerprint density at radius 3 is 2.89 bits per heavy atom. The minimum absolute atomic E-state index is 0.171. The summed E-state index contributed by atoms with van der Waals surface area (Å²) in [5.74, 6) is -1.27. The first-order chi connectivity index (χ1) is 9.11. The summed E-state index contributed by atoms with van der Waals surface area (Å²) in [5.41, 5.74) is 0.0689. The highest BCUT2D eigenvalue weighted by atomic mass is 16.5. The number of methoxy groups -OCH3 is 1. The fourth-order valence-corrected chi connectivity index (χ4v) is 1.52. The third-order valence-corrected chi connectivity index (χ3v) is 2.40. The predicted molar refractivity (Wildman–Crippen MR) is 66.5 cm³/mol. The largest absolute Gasteiger partial charge is 0.497 e. The van der Waals surface area contributed by atoms with Crippen molar-refractivity contribution in [1.29, 1.82) is 0 Å². The zero-order valence-corrected chi connectivity index (χ0v) is 10.0. The topological polar surface area (TPSA) is 104 Å². The fraction of sp³-hybridized carbons (Fsp3) is 0.0833. The van der Waals surface area contributed by atoms with Gasteiger partial charge in [-0.05, 0) is 12.1 Å². The zero-order valence-electron chi connectivity index (χ0n) is 10.0. The van der Waals surface area contributed by atoms with Gasteiger partial charge in [0, 0.05) is 11.8 Å². The van der Waals surface area contributed by atoms with Gasteiger partial charge in [-0.2, -0.15) is 0 Å². The Hall–Kier alpha value is -2.83. The van der Waals surface area contributed by atoms with Crippen LogP contribution in [-0.4, -0.2) is 34.1 Å². The fourth-order valence-electron chi connectivity index (χ4n) is 1.52. The van der Waals surface area contributed by atoms with E-state index in [1.165, 1.54) is 7.11 Å². The van der Waals surface area contributed by atoms with Gasteiger partial charge in [-0.3, -0.25) is 4.79 Å². The Morgan fingerprint density at radius 1 is 1.42 bits per heavy atom. The lowest BCUT2D eigenvalue weighted by Crippen LogP contribution is -2.16. The molecular formula is C12H11N3O4. The van der Waals surface area contributed by atoms with Crippen LogP contribution in [0, 0.1) is 0 Å². The number of nitrogens with zero attached hydrogens (tertiary/aromatic N) is 1. The van der Waals surface area contributed by atoms with E-state index < -0.39 is 11.9 Å². The van der Waals surface area contributed by atoms with Crippen LogP contribution in [0.25, 0.3) is 0 Å². The molecule has 0 fully saturated rings. The predicted octanol–water partition coefficient (Wildman–Crippen LogP) is 1.37. The number of carbonyl (C=O) groups excluding carboxylic acids is 1. The Morgan fingerprint density at radius 2 is 2.21 bits per heavy atom. The molecule has 98 valence electrons. The molecule has 1 aromatic heterocycles. The van der Waals surface area contributed by atoms with E-state index in [2.05, 4.69) is 15.3 Å². The summed E-state index contributed by atoms with van der Waals surface area (Å²) in [5, 5.41) is 11.4. The molecule has 0 spiro atoms. The average molecular weight is 261 g/mol. The second kappa shape index (κ2) is 5.21. The summed E-state index contributed by atoms with van der Waals surface area (Å²) in [6, 6.07) is 6.71. The van der Waals surface area contributed by atoms with Crippen LogP contribution < -0.4 is 10.1 Å². The normalized spacial score (nSPS) is 9.95. The quantitative estimate of drug-likeness (QED) is 0.771. The molecule has 0 atom stereocenters. The maximum absolute atomic E-state index is 11.9. The lowest BCUT2D eigenvalue weighted by Gasteiger charge is -2.06. The summed E-state index contributed by atoms with van der Waals surface area (Å²) >= 11 is 0. The van der Waals surface area contributed by atoms with Gasteiger partial charge in [0.15, 0.2) is 11.4 Å². The summed E-state index contributed by atoms with van der Waals surface area (Å²) in [6.07, 6.45) is 1.16. The van der Waals surface area contributed by atoms with E-state index in [1.54, 1.807) is 24.3 Å². The van der Waals surface area contributed by atoms with Crippen LogP contribution in [0.2, 0.25) is 0 Å². The number of benzene rings is 1. The molecule has 0 aliphatic rings. The van der Waals surface area contributed by atoms with Crippen molar-refractivity contribution in [2.45, 2.75) is 0 Å². The molecule has 0 unspecified atom stereocenters. The highest BCUT2D eigenvalue weighted by Crippen LogP contribution is 2.17. The molecule has 7 nitrogen and oxygen atoms in total. The van der Waals surface area contributed by atoms with Crippen LogP contribution in [0.15, 0.2) is 30.6 Å². The van der Waals surface area contributed by atoms with Gasteiger partial charge in [-0.25, -0.2) is 9.78 Å². The number of carboxylic acid groups (broad SMARTS) is 1. The Balaban J connectivity index is 2.20. The second-order valence-corrected chi connectivity index (χ2v) is 3.62. The SMILES string of the molecule is COc1cccc(NC(=O)c2nc[nH]c2C(=O)O)c1. The minimum atomic E-state index is -1.24. The van der Waals surface area contributed by atoms with Gasteiger partial charge < -0.3 is 20.1 Å². The molecule has 2 aromatic rings. The Bertz CT molecular complexity index is 621. The van der Waals surface area contributed by atoms with Gasteiger partial charge in [0.1, 0.15) is 5.75 Å². The molecule has 0 aliphatic heterocycles. The number of nitrogens with one attached hydrogen (secondary N) is 2. The van der Waals surface area contributed by atoms with Gasteiger partial charge in [0.2, 0.25) is 0 Å². The standard InChI is InChI=1S/C12H11N3O4/c1-19-8-4-2-3-7(5-8)15-11(16)9-10(12(17)18)14-6-13-9/h2-6H,1H3,(H,13,14)(H,15,16)(H,17,18). The van der Waals surface area contributed by atoms with E-state index in [0.717, 1.165) is 6.33 Å². The molecule has 0 aliphatic carbocycles. The monoisotopic (exact) mass is 261 g/mol. The molecule has 0 saturated carbocycles. The molecule has 7 heteroatoms. The first kappa shape index (κ1) is 12.6. The maximum atomic E-state index is 11.9. The lowest BCUT2D eigenvalue weighted by atomic mass is 10.2. The van der Waals surface area contributed by atoms with E-state index in [0.29, 0.717) is 11.4 Å². The number of carboxylic acids is 1. The number of hydrogen-bond donors (Lipinski definition) is 3. The zero-order chi connectivity index (χ0) is 13.8. The van der Waals surface area contributed by atoms with E-state index >= 15 is 0 Å². The van der Waals surface area contributed by atoms with Crippen LogP contribution in [-0.2, 0) is 0 Å². The van der Waals surface area contributed by atoms with E-state index in [4.69, 9.17) is 9.84 Å². The van der Waals surface area contributed by atoms with E-state index in [1.807, 2.05) is 0 Å². The van der Waals surface area contributed by atoms with E-state index in [9.17, 15) is 9.59 Å². The first-order valence-corrected chi connectivity index (χ1v) is 5.34. The summed E-state index contributed by atoms with van der Waals surface area (Å²) in [6.45, 7) is 0. The average Bonchev–Trinajstić information content (AvgIpc) is 2.88. The van der Waals surface area contributed by atoms with Crippen LogP contribution in [0.1, 0.15) is 21.0 Å². The van der Waals surface area contributed by atoms with Crippen molar-refractivity contribution in [3.8, 4) is 5.75 Å². The number of rotatable bonds is 4. The van der Waals surface area contributed by atoms with Crippen LogP contribution in [0.5, 0.6) is 5.75 Å². The number of aromatic amines is 1. The molecule has 1 heterocycles. The van der Waals surface area contributed by atoms with Crippen LogP contribution in [0.4, 0.5) is 5.69 Å².